The molecule has 2 aromatic heterocycles. The van der Waals surface area contributed by atoms with E-state index in [4.69, 9.17) is 15.2 Å². The van der Waals surface area contributed by atoms with E-state index >= 15 is 0 Å². The van der Waals surface area contributed by atoms with Crippen molar-refractivity contribution in [1.29, 1.82) is 0 Å². The number of nitrogens with two attached hydrogens (primary N) is 1. The quantitative estimate of drug-likeness (QED) is 0.242. The third-order valence-electron chi connectivity index (χ3n) is 8.57. The molecule has 1 aromatic carbocycles. The number of ether oxygens (including phenoxy) is 2. The number of morpholine rings is 1. The van der Waals surface area contributed by atoms with Crippen LogP contribution in [0.1, 0.15) is 63.5 Å². The van der Waals surface area contributed by atoms with Crippen LogP contribution in [0.2, 0.25) is 0 Å². The summed E-state index contributed by atoms with van der Waals surface area (Å²) < 4.78 is 10.8. The topological polar surface area (TPSA) is 194 Å². The summed E-state index contributed by atoms with van der Waals surface area (Å²) in [6.07, 6.45) is 5.28. The molecule has 2 fully saturated rings. The minimum atomic E-state index is -0.827. The first kappa shape index (κ1) is 37.0. The predicted molar refractivity (Wildman–Crippen MR) is 192 cm³/mol. The predicted octanol–water partition coefficient (Wildman–Crippen LogP) is 3.37. The summed E-state index contributed by atoms with van der Waals surface area (Å²) in [5.74, 6) is -1.31. The smallest absolute Gasteiger partial charge is 0.408 e. The summed E-state index contributed by atoms with van der Waals surface area (Å²) in [4.78, 5) is 69.2. The average Bonchev–Trinajstić information content (AvgIpc) is 3.60. The molecule has 4 heterocycles. The van der Waals surface area contributed by atoms with Gasteiger partial charge in [0, 0.05) is 37.9 Å². The molecule has 0 unspecified atom stereocenters. The zero-order chi connectivity index (χ0) is 36.7. The Morgan fingerprint density at radius 2 is 1.76 bits per heavy atom. The molecule has 0 aliphatic carbocycles. The van der Waals surface area contributed by atoms with Gasteiger partial charge < -0.3 is 41.0 Å². The van der Waals surface area contributed by atoms with Crippen molar-refractivity contribution in [2.75, 3.05) is 48.8 Å². The molecule has 2 aliphatic heterocycles. The van der Waals surface area contributed by atoms with E-state index in [1.807, 2.05) is 44.2 Å². The van der Waals surface area contributed by atoms with Gasteiger partial charge in [0.2, 0.25) is 11.8 Å². The van der Waals surface area contributed by atoms with Crippen molar-refractivity contribution in [3.8, 4) is 11.3 Å². The second kappa shape index (κ2) is 16.1. The maximum absolute atomic E-state index is 13.5. The van der Waals surface area contributed by atoms with Crippen molar-refractivity contribution >= 4 is 41.0 Å². The van der Waals surface area contributed by atoms with Crippen molar-refractivity contribution in [3.05, 3.63) is 60.2 Å². The van der Waals surface area contributed by atoms with Gasteiger partial charge in [0.15, 0.2) is 11.5 Å². The lowest BCUT2D eigenvalue weighted by molar-refractivity contribution is -0.140. The highest BCUT2D eigenvalue weighted by Crippen LogP contribution is 2.27. The first-order valence-corrected chi connectivity index (χ1v) is 17.2. The number of nitrogens with one attached hydrogen (secondary N) is 3. The lowest BCUT2D eigenvalue weighted by Crippen LogP contribution is -2.55. The van der Waals surface area contributed by atoms with Crippen LogP contribution in [-0.2, 0) is 25.6 Å². The minimum absolute atomic E-state index is 0.00725. The number of carbonyl (C=O) groups excluding carboxylic acids is 4. The molecule has 5 N–H and O–H groups in total. The van der Waals surface area contributed by atoms with Gasteiger partial charge in [-0.1, -0.05) is 38.1 Å². The number of hydrogen-bond acceptors (Lipinski definition) is 11. The summed E-state index contributed by atoms with van der Waals surface area (Å²) in [7, 11) is 0. The fourth-order valence-corrected chi connectivity index (χ4v) is 5.98. The second-order valence-corrected chi connectivity index (χ2v) is 13.9. The molecule has 0 spiro atoms. The fraction of sp³-hybridized carbons (Fsp3) is 0.472. The largest absolute Gasteiger partial charge is 0.444 e. The minimum Gasteiger partial charge on any atom is -0.444 e. The molecule has 2 atom stereocenters. The van der Waals surface area contributed by atoms with Crippen molar-refractivity contribution in [2.24, 2.45) is 5.92 Å². The highest BCUT2D eigenvalue weighted by Gasteiger charge is 2.39. The van der Waals surface area contributed by atoms with Crippen LogP contribution < -0.4 is 26.6 Å². The number of nitrogen functional groups attached to an aromatic ring is 1. The van der Waals surface area contributed by atoms with Crippen LogP contribution in [0, 0.1) is 5.92 Å². The first-order valence-electron chi connectivity index (χ1n) is 17.2. The van der Waals surface area contributed by atoms with Gasteiger partial charge in [0.05, 0.1) is 42.7 Å². The Morgan fingerprint density at radius 1 is 1.04 bits per heavy atom. The Balaban J connectivity index is 1.20. The molecule has 15 heteroatoms. The van der Waals surface area contributed by atoms with E-state index in [2.05, 4.69) is 35.8 Å². The maximum Gasteiger partial charge on any atom is 0.408 e. The summed E-state index contributed by atoms with van der Waals surface area (Å²) in [5, 5.41) is 8.53. The number of aromatic nitrogens is 3. The number of alkyl carbamates (subject to hydrolysis) is 1. The van der Waals surface area contributed by atoms with E-state index in [-0.39, 0.29) is 35.8 Å². The van der Waals surface area contributed by atoms with Crippen LogP contribution in [0.15, 0.2) is 48.9 Å². The van der Waals surface area contributed by atoms with Gasteiger partial charge in [-0.05, 0) is 51.2 Å². The van der Waals surface area contributed by atoms with Crippen LogP contribution in [0.5, 0.6) is 0 Å². The van der Waals surface area contributed by atoms with Crippen molar-refractivity contribution in [3.63, 3.8) is 0 Å². The Bertz CT molecular complexity index is 1720. The third kappa shape index (κ3) is 9.48. The van der Waals surface area contributed by atoms with E-state index in [0.717, 1.165) is 11.3 Å². The summed E-state index contributed by atoms with van der Waals surface area (Å²) in [5.41, 5.74) is 8.69. The molecule has 2 saturated heterocycles. The van der Waals surface area contributed by atoms with E-state index in [1.54, 1.807) is 38.1 Å². The van der Waals surface area contributed by atoms with Crippen molar-refractivity contribution in [1.82, 2.24) is 30.5 Å². The fourth-order valence-electron chi connectivity index (χ4n) is 5.98. The molecule has 15 nitrogen and oxygen atoms in total. The number of rotatable bonds is 10. The summed E-state index contributed by atoms with van der Waals surface area (Å²) in [6.45, 7) is 12.2. The van der Waals surface area contributed by atoms with Crippen LogP contribution in [-0.4, -0.2) is 94.2 Å². The maximum atomic E-state index is 13.5. The lowest BCUT2D eigenvalue weighted by atomic mass is 10.0. The first-order chi connectivity index (χ1) is 24.3. The van der Waals surface area contributed by atoms with Gasteiger partial charge in [-0.15, -0.1) is 0 Å². The molecule has 3 aromatic rings. The Morgan fingerprint density at radius 3 is 2.45 bits per heavy atom. The lowest BCUT2D eigenvalue weighted by Gasteiger charge is -2.31. The second-order valence-electron chi connectivity index (χ2n) is 13.9. The Kier molecular flexibility index (Phi) is 11.7. The normalized spacial score (nSPS) is 16.8. The molecule has 2 aliphatic rings. The SMILES string of the molecule is CC(C)[C@H](NC(=O)OC(C)(C)C)C(=O)N1CCC[C@H]1C(=O)NCc1ccc(-c2cnc(N)c(C(=O)Nc3cnccc3N3CCOCC3)n2)cc1. The van der Waals surface area contributed by atoms with Crippen LogP contribution >= 0.6 is 0 Å². The molecule has 4 amide bonds. The molecule has 0 saturated carbocycles. The average molecular weight is 702 g/mol. The van der Waals surface area contributed by atoms with E-state index in [0.29, 0.717) is 62.6 Å². The zero-order valence-corrected chi connectivity index (χ0v) is 29.8. The molecule has 0 radical (unpaired) electrons. The van der Waals surface area contributed by atoms with Gasteiger partial charge in [-0.2, -0.15) is 0 Å². The van der Waals surface area contributed by atoms with Crippen LogP contribution in [0.3, 0.4) is 0 Å². The number of pyridine rings is 1. The van der Waals surface area contributed by atoms with Crippen molar-refractivity contribution < 1.29 is 28.7 Å². The Labute approximate surface area is 297 Å². The van der Waals surface area contributed by atoms with Gasteiger partial charge in [-0.3, -0.25) is 19.4 Å². The van der Waals surface area contributed by atoms with Gasteiger partial charge in [0.25, 0.3) is 5.91 Å². The van der Waals surface area contributed by atoms with E-state index in [9.17, 15) is 19.2 Å². The number of hydrogen-bond donors (Lipinski definition) is 4. The van der Waals surface area contributed by atoms with Crippen molar-refractivity contribution in [2.45, 2.75) is 71.7 Å². The highest BCUT2D eigenvalue weighted by atomic mass is 16.6. The van der Waals surface area contributed by atoms with Gasteiger partial charge >= 0.3 is 6.09 Å². The van der Waals surface area contributed by atoms with Crippen LogP contribution in [0.25, 0.3) is 11.3 Å². The van der Waals surface area contributed by atoms with E-state index in [1.165, 1.54) is 6.20 Å². The number of likely N-dealkylation sites (tertiary alicyclic amines) is 1. The monoisotopic (exact) mass is 701 g/mol. The zero-order valence-electron chi connectivity index (χ0n) is 29.8. The highest BCUT2D eigenvalue weighted by molar-refractivity contribution is 6.07. The Hall–Kier alpha value is -5.31. The third-order valence-corrected chi connectivity index (χ3v) is 8.57. The standard InChI is InChI=1S/C36H47N9O6/c1-22(2)29(43-35(49)51-36(3,4)5)34(48)45-14-6-7-28(45)32(46)40-19-23-8-10-24(11-9-23)25-21-39-31(37)30(41-25)33(47)42-26-20-38-13-12-27(26)44-15-17-50-18-16-44/h8-13,20-22,28-29H,6-7,14-19H2,1-5H3,(H2,37,39)(H,40,46)(H,42,47)(H,43,49)/t28-,29-/m0/s1. The summed E-state index contributed by atoms with van der Waals surface area (Å²) in [6, 6.07) is 7.69. The van der Waals surface area contributed by atoms with Crippen LogP contribution in [0.4, 0.5) is 22.0 Å². The number of amides is 4. The molecule has 272 valence electrons. The molecule has 0 bridgehead atoms. The molecular formula is C36H47N9O6. The van der Waals surface area contributed by atoms with Gasteiger partial charge in [0.1, 0.15) is 17.7 Å². The van der Waals surface area contributed by atoms with E-state index < -0.39 is 29.7 Å². The number of benzene rings is 1. The van der Waals surface area contributed by atoms with Gasteiger partial charge in [-0.25, -0.2) is 14.8 Å². The molecular weight excluding hydrogens is 654 g/mol. The number of anilines is 3. The number of nitrogens with zero attached hydrogens (tertiary/aromatic N) is 5. The molecule has 51 heavy (non-hydrogen) atoms. The molecule has 5 rings (SSSR count). The number of carbonyl (C=O) groups is 4. The summed E-state index contributed by atoms with van der Waals surface area (Å²) >= 11 is 0.